The summed E-state index contributed by atoms with van der Waals surface area (Å²) in [6, 6.07) is 21.3. The monoisotopic (exact) mass is 413 g/mol. The van der Waals surface area contributed by atoms with E-state index in [0.29, 0.717) is 23.1 Å². The van der Waals surface area contributed by atoms with Crippen LogP contribution in [0.2, 0.25) is 0 Å². The number of rotatable bonds is 6. The second kappa shape index (κ2) is 8.36. The number of Topliss-reactive ketones (excluding diaryl/α,β-unsaturated/α-hetero) is 1. The molecule has 31 heavy (non-hydrogen) atoms. The molecular formula is C25H19NO5. The Morgan fingerprint density at radius 1 is 0.806 bits per heavy atom. The highest BCUT2D eigenvalue weighted by atomic mass is 16.5. The number of nitrogens with zero attached hydrogens (tertiary/aromatic N) is 1. The number of anilines is 1. The number of imide groups is 1. The zero-order valence-corrected chi connectivity index (χ0v) is 16.8. The van der Waals surface area contributed by atoms with Crippen LogP contribution < -0.4 is 4.90 Å². The Labute approximate surface area is 179 Å². The zero-order valence-electron chi connectivity index (χ0n) is 16.8. The van der Waals surface area contributed by atoms with Crippen LogP contribution in [-0.4, -0.2) is 29.7 Å². The molecule has 0 bridgehead atoms. The van der Waals surface area contributed by atoms with E-state index in [1.807, 2.05) is 0 Å². The summed E-state index contributed by atoms with van der Waals surface area (Å²) in [5.41, 5.74) is 1.51. The number of fused-ring (bicyclic) bond motifs is 1. The third kappa shape index (κ3) is 3.75. The second-order valence-electron chi connectivity index (χ2n) is 7.07. The minimum Gasteiger partial charge on any atom is -0.450 e. The third-order valence-electron chi connectivity index (χ3n) is 5.10. The first-order valence-corrected chi connectivity index (χ1v) is 9.89. The van der Waals surface area contributed by atoms with Crippen LogP contribution in [0.25, 0.3) is 0 Å². The number of amides is 2. The lowest BCUT2D eigenvalue weighted by Crippen LogP contribution is -2.30. The fourth-order valence-electron chi connectivity index (χ4n) is 3.50. The Kier molecular flexibility index (Phi) is 5.45. The summed E-state index contributed by atoms with van der Waals surface area (Å²) in [6.07, 6.45) is -0.616. The van der Waals surface area contributed by atoms with Crippen molar-refractivity contribution in [3.05, 3.63) is 101 Å². The van der Waals surface area contributed by atoms with Gasteiger partial charge in [-0.05, 0) is 36.8 Å². The maximum Gasteiger partial charge on any atom is 0.338 e. The van der Waals surface area contributed by atoms with E-state index in [9.17, 15) is 19.2 Å². The maximum atomic E-state index is 12.7. The Hall–Kier alpha value is -4.06. The molecule has 1 aliphatic heterocycles. The average Bonchev–Trinajstić information content (AvgIpc) is 3.07. The van der Waals surface area contributed by atoms with Crippen LogP contribution in [0.15, 0.2) is 78.9 Å². The lowest BCUT2D eigenvalue weighted by molar-refractivity contribution is 0.0277. The molecular weight excluding hydrogens is 394 g/mol. The first-order chi connectivity index (χ1) is 15.0. The lowest BCUT2D eigenvalue weighted by Gasteiger charge is -2.17. The highest BCUT2D eigenvalue weighted by Gasteiger charge is 2.36. The molecule has 0 unspecified atom stereocenters. The van der Waals surface area contributed by atoms with E-state index in [2.05, 4.69) is 0 Å². The Morgan fingerprint density at radius 2 is 1.39 bits per heavy atom. The normalized spacial score (nSPS) is 13.6. The molecule has 0 saturated heterocycles. The molecule has 0 saturated carbocycles. The van der Waals surface area contributed by atoms with Gasteiger partial charge < -0.3 is 4.74 Å². The van der Waals surface area contributed by atoms with Crippen molar-refractivity contribution in [2.75, 3.05) is 4.90 Å². The largest absolute Gasteiger partial charge is 0.450 e. The van der Waals surface area contributed by atoms with Gasteiger partial charge in [-0.1, -0.05) is 55.5 Å². The highest BCUT2D eigenvalue weighted by molar-refractivity contribution is 6.34. The molecule has 4 rings (SSSR count). The van der Waals surface area contributed by atoms with E-state index >= 15 is 0 Å². The molecule has 2 amide bonds. The summed E-state index contributed by atoms with van der Waals surface area (Å²) >= 11 is 0. The minimum absolute atomic E-state index is 0.147. The predicted octanol–water partition coefficient (Wildman–Crippen LogP) is 4.31. The SMILES string of the molecule is CC[C@H](OC(=O)c1cccc(N2C(=O)c3ccccc3C2=O)c1)C(=O)c1ccccc1. The summed E-state index contributed by atoms with van der Waals surface area (Å²) in [6.45, 7) is 1.76. The van der Waals surface area contributed by atoms with Gasteiger partial charge >= 0.3 is 5.97 Å². The first-order valence-electron chi connectivity index (χ1n) is 9.89. The number of carbonyl (C=O) groups excluding carboxylic acids is 4. The van der Waals surface area contributed by atoms with E-state index in [1.54, 1.807) is 73.7 Å². The molecule has 0 spiro atoms. The van der Waals surface area contributed by atoms with Gasteiger partial charge in [0.2, 0.25) is 5.78 Å². The van der Waals surface area contributed by atoms with Gasteiger partial charge in [0.05, 0.1) is 22.4 Å². The van der Waals surface area contributed by atoms with Gasteiger partial charge in [0.15, 0.2) is 6.10 Å². The molecule has 6 nitrogen and oxygen atoms in total. The fourth-order valence-corrected chi connectivity index (χ4v) is 3.50. The van der Waals surface area contributed by atoms with Crippen LogP contribution >= 0.6 is 0 Å². The van der Waals surface area contributed by atoms with Gasteiger partial charge in [-0.3, -0.25) is 14.4 Å². The smallest absolute Gasteiger partial charge is 0.338 e. The first kappa shape index (κ1) is 20.2. The number of esters is 1. The predicted molar refractivity (Wildman–Crippen MR) is 114 cm³/mol. The minimum atomic E-state index is -0.933. The molecule has 0 aliphatic carbocycles. The molecule has 0 aromatic heterocycles. The van der Waals surface area contributed by atoms with Gasteiger partial charge in [-0.15, -0.1) is 0 Å². The fraction of sp³-hybridized carbons (Fsp3) is 0.120. The number of carbonyl (C=O) groups is 4. The average molecular weight is 413 g/mol. The molecule has 3 aromatic carbocycles. The molecule has 0 N–H and O–H groups in total. The topological polar surface area (TPSA) is 80.8 Å². The maximum absolute atomic E-state index is 12.7. The molecule has 0 fully saturated rings. The number of hydrogen-bond donors (Lipinski definition) is 0. The molecule has 0 radical (unpaired) electrons. The van der Waals surface area contributed by atoms with Crippen molar-refractivity contribution in [3.63, 3.8) is 0 Å². The molecule has 3 aromatic rings. The van der Waals surface area contributed by atoms with Gasteiger partial charge in [-0.2, -0.15) is 0 Å². The van der Waals surface area contributed by atoms with Gasteiger partial charge in [-0.25, -0.2) is 9.69 Å². The third-order valence-corrected chi connectivity index (χ3v) is 5.10. The zero-order chi connectivity index (χ0) is 22.0. The summed E-state index contributed by atoms with van der Waals surface area (Å²) in [5.74, 6) is -1.88. The van der Waals surface area contributed by atoms with Crippen LogP contribution in [0.5, 0.6) is 0 Å². The quantitative estimate of drug-likeness (QED) is 0.342. The summed E-state index contributed by atoms with van der Waals surface area (Å²) < 4.78 is 5.46. The lowest BCUT2D eigenvalue weighted by atomic mass is 10.0. The molecule has 1 aliphatic rings. The van der Waals surface area contributed by atoms with E-state index in [1.165, 1.54) is 12.1 Å². The van der Waals surface area contributed by atoms with E-state index in [-0.39, 0.29) is 17.0 Å². The van der Waals surface area contributed by atoms with Crippen LogP contribution in [0.3, 0.4) is 0 Å². The molecule has 1 atom stereocenters. The van der Waals surface area contributed by atoms with E-state index in [0.717, 1.165) is 4.90 Å². The Balaban J connectivity index is 1.56. The van der Waals surface area contributed by atoms with Crippen molar-refractivity contribution >= 4 is 29.3 Å². The van der Waals surface area contributed by atoms with Crippen molar-refractivity contribution in [1.82, 2.24) is 0 Å². The summed E-state index contributed by atoms with van der Waals surface area (Å²) in [5, 5.41) is 0. The number of ether oxygens (including phenoxy) is 1. The van der Waals surface area contributed by atoms with Crippen LogP contribution in [0.1, 0.15) is 54.8 Å². The van der Waals surface area contributed by atoms with Gasteiger partial charge in [0.25, 0.3) is 11.8 Å². The number of benzene rings is 3. The van der Waals surface area contributed by atoms with Crippen LogP contribution in [0, 0.1) is 0 Å². The van der Waals surface area contributed by atoms with Crippen molar-refractivity contribution in [1.29, 1.82) is 0 Å². The van der Waals surface area contributed by atoms with E-state index < -0.39 is 23.9 Å². The molecule has 6 heteroatoms. The van der Waals surface area contributed by atoms with Crippen molar-refractivity contribution in [2.45, 2.75) is 19.4 Å². The standard InChI is InChI=1S/C25H19NO5/c1-2-21(22(27)16-9-4-3-5-10-16)31-25(30)17-11-8-12-18(15-17)26-23(28)19-13-6-7-14-20(19)24(26)29/h3-15,21H,2H2,1H3/t21-/m0/s1. The highest BCUT2D eigenvalue weighted by Crippen LogP contribution is 2.29. The van der Waals surface area contributed by atoms with Crippen LogP contribution in [-0.2, 0) is 4.74 Å². The summed E-state index contributed by atoms with van der Waals surface area (Å²) in [7, 11) is 0. The Bertz CT molecular complexity index is 1150. The van der Waals surface area contributed by atoms with Crippen molar-refractivity contribution < 1.29 is 23.9 Å². The number of ketones is 1. The molecule has 154 valence electrons. The Morgan fingerprint density at radius 3 is 2.00 bits per heavy atom. The van der Waals surface area contributed by atoms with Gasteiger partial charge in [0, 0.05) is 5.56 Å². The van der Waals surface area contributed by atoms with Crippen molar-refractivity contribution in [3.8, 4) is 0 Å². The molecule has 1 heterocycles. The summed E-state index contributed by atoms with van der Waals surface area (Å²) in [4.78, 5) is 51.8. The van der Waals surface area contributed by atoms with Crippen LogP contribution in [0.4, 0.5) is 5.69 Å². The number of hydrogen-bond acceptors (Lipinski definition) is 5. The van der Waals surface area contributed by atoms with E-state index in [4.69, 9.17) is 4.74 Å². The van der Waals surface area contributed by atoms with Gasteiger partial charge in [0.1, 0.15) is 0 Å². The van der Waals surface area contributed by atoms with Crippen molar-refractivity contribution in [2.24, 2.45) is 0 Å². The second-order valence-corrected chi connectivity index (χ2v) is 7.07.